The van der Waals surface area contributed by atoms with Gasteiger partial charge in [-0.2, -0.15) is 0 Å². The van der Waals surface area contributed by atoms with Crippen molar-refractivity contribution in [1.29, 1.82) is 0 Å². The third-order valence-electron chi connectivity index (χ3n) is 3.58. The molecule has 0 amide bonds. The molecule has 0 aromatic heterocycles. The van der Waals surface area contributed by atoms with E-state index in [4.69, 9.17) is 4.74 Å². The lowest BCUT2D eigenvalue weighted by Crippen LogP contribution is -2.51. The van der Waals surface area contributed by atoms with E-state index >= 15 is 0 Å². The number of carbonyl (C=O) groups is 1. The summed E-state index contributed by atoms with van der Waals surface area (Å²) in [5.74, 6) is -0.767. The number of carboxylic acid groups (broad SMARTS) is 1. The predicted octanol–water partition coefficient (Wildman–Crippen LogP) is 1.54. The van der Waals surface area contributed by atoms with Gasteiger partial charge in [-0.05, 0) is 45.4 Å². The maximum absolute atomic E-state index is 11.2. The zero-order valence-electron chi connectivity index (χ0n) is 9.87. The minimum absolute atomic E-state index is 0.388. The van der Waals surface area contributed by atoms with Gasteiger partial charge in [-0.1, -0.05) is 0 Å². The smallest absolute Gasteiger partial charge is 0.323 e. The number of nitrogens with one attached hydrogen (secondary N) is 1. The van der Waals surface area contributed by atoms with E-state index in [2.05, 4.69) is 5.32 Å². The lowest BCUT2D eigenvalue weighted by Gasteiger charge is -2.30. The first-order valence-corrected chi connectivity index (χ1v) is 6.23. The van der Waals surface area contributed by atoms with Crippen LogP contribution in [0, 0.1) is 0 Å². The predicted molar refractivity (Wildman–Crippen MR) is 60.4 cm³/mol. The highest BCUT2D eigenvalue weighted by Crippen LogP contribution is 2.26. The summed E-state index contributed by atoms with van der Waals surface area (Å²) in [6.45, 7) is 2.31. The molecule has 0 aromatic rings. The van der Waals surface area contributed by atoms with E-state index in [0.29, 0.717) is 25.2 Å². The highest BCUT2D eigenvalue weighted by atomic mass is 16.5. The van der Waals surface area contributed by atoms with Gasteiger partial charge in [0.15, 0.2) is 0 Å². The van der Waals surface area contributed by atoms with Gasteiger partial charge in [0.1, 0.15) is 5.54 Å². The third-order valence-corrected chi connectivity index (χ3v) is 3.58. The van der Waals surface area contributed by atoms with Gasteiger partial charge >= 0.3 is 5.97 Å². The van der Waals surface area contributed by atoms with Crippen LogP contribution in [-0.2, 0) is 9.53 Å². The average molecular weight is 227 g/mol. The Morgan fingerprint density at radius 1 is 1.44 bits per heavy atom. The molecule has 0 spiro atoms. The van der Waals surface area contributed by atoms with Crippen LogP contribution >= 0.6 is 0 Å². The standard InChI is InChI=1S/C12H21NO3/c1-12(11(14)15,13-9-5-6-9)7-8-16-10-3-2-4-10/h9-10,13H,2-8H2,1H3,(H,14,15). The SMILES string of the molecule is CC(CCOC1CCC1)(NC1CC1)C(=O)O. The van der Waals surface area contributed by atoms with Crippen molar-refractivity contribution in [3.63, 3.8) is 0 Å². The normalized spacial score (nSPS) is 24.8. The van der Waals surface area contributed by atoms with Crippen LogP contribution in [0.3, 0.4) is 0 Å². The molecule has 2 aliphatic carbocycles. The van der Waals surface area contributed by atoms with E-state index in [9.17, 15) is 9.90 Å². The Labute approximate surface area is 96.4 Å². The minimum atomic E-state index is -0.815. The molecule has 4 nitrogen and oxygen atoms in total. The van der Waals surface area contributed by atoms with E-state index in [1.165, 1.54) is 6.42 Å². The maximum atomic E-state index is 11.2. The Balaban J connectivity index is 1.73. The van der Waals surface area contributed by atoms with Crippen LogP contribution in [0.2, 0.25) is 0 Å². The second kappa shape index (κ2) is 4.72. The molecule has 0 aromatic carbocycles. The summed E-state index contributed by atoms with van der Waals surface area (Å²) in [5, 5.41) is 12.4. The summed E-state index contributed by atoms with van der Waals surface area (Å²) in [7, 11) is 0. The van der Waals surface area contributed by atoms with Crippen molar-refractivity contribution in [2.24, 2.45) is 0 Å². The van der Waals surface area contributed by atoms with E-state index < -0.39 is 11.5 Å². The molecule has 16 heavy (non-hydrogen) atoms. The van der Waals surface area contributed by atoms with Crippen LogP contribution in [-0.4, -0.2) is 35.4 Å². The fraction of sp³-hybridized carbons (Fsp3) is 0.917. The Kier molecular flexibility index (Phi) is 3.50. The molecule has 4 heteroatoms. The number of aliphatic carboxylic acids is 1. The highest BCUT2D eigenvalue weighted by molar-refractivity contribution is 5.78. The van der Waals surface area contributed by atoms with Crippen LogP contribution in [0.4, 0.5) is 0 Å². The van der Waals surface area contributed by atoms with Crippen molar-refractivity contribution >= 4 is 5.97 Å². The van der Waals surface area contributed by atoms with E-state index in [1.54, 1.807) is 6.92 Å². The number of ether oxygens (including phenoxy) is 1. The Bertz CT molecular complexity index is 261. The van der Waals surface area contributed by atoms with Crippen molar-refractivity contribution in [3.8, 4) is 0 Å². The van der Waals surface area contributed by atoms with E-state index in [-0.39, 0.29) is 0 Å². The van der Waals surface area contributed by atoms with Crippen LogP contribution < -0.4 is 5.32 Å². The Morgan fingerprint density at radius 3 is 2.56 bits per heavy atom. The van der Waals surface area contributed by atoms with Gasteiger partial charge in [-0.15, -0.1) is 0 Å². The number of hydrogen-bond donors (Lipinski definition) is 2. The molecule has 0 saturated heterocycles. The summed E-state index contributed by atoms with van der Waals surface area (Å²) in [5.41, 5.74) is -0.815. The highest BCUT2D eigenvalue weighted by Gasteiger charge is 2.38. The average Bonchev–Trinajstić information content (AvgIpc) is 2.93. The molecule has 2 rings (SSSR count). The first kappa shape index (κ1) is 11.9. The molecule has 2 N–H and O–H groups in total. The number of carboxylic acids is 1. The van der Waals surface area contributed by atoms with Gasteiger partial charge in [0.2, 0.25) is 0 Å². The number of rotatable bonds is 7. The summed E-state index contributed by atoms with van der Waals surface area (Å²) in [4.78, 5) is 11.2. The van der Waals surface area contributed by atoms with Crippen molar-refractivity contribution < 1.29 is 14.6 Å². The van der Waals surface area contributed by atoms with Gasteiger partial charge in [0.05, 0.1) is 6.10 Å². The van der Waals surface area contributed by atoms with Crippen molar-refractivity contribution in [2.75, 3.05) is 6.61 Å². The first-order chi connectivity index (χ1) is 7.60. The van der Waals surface area contributed by atoms with Crippen LogP contribution in [0.25, 0.3) is 0 Å². The second-order valence-electron chi connectivity index (χ2n) is 5.23. The zero-order valence-corrected chi connectivity index (χ0v) is 9.87. The summed E-state index contributed by atoms with van der Waals surface area (Å²) in [6, 6.07) is 0.407. The van der Waals surface area contributed by atoms with Crippen LogP contribution in [0.15, 0.2) is 0 Å². The fourth-order valence-corrected chi connectivity index (χ4v) is 1.89. The third kappa shape index (κ3) is 2.95. The monoisotopic (exact) mass is 227 g/mol. The van der Waals surface area contributed by atoms with Gasteiger partial charge in [0, 0.05) is 12.6 Å². The van der Waals surface area contributed by atoms with Gasteiger partial charge in [-0.25, -0.2) is 0 Å². The van der Waals surface area contributed by atoms with Gasteiger partial charge in [0.25, 0.3) is 0 Å². The summed E-state index contributed by atoms with van der Waals surface area (Å²) >= 11 is 0. The molecular weight excluding hydrogens is 206 g/mol. The van der Waals surface area contributed by atoms with Gasteiger partial charge in [-0.3, -0.25) is 10.1 Å². The van der Waals surface area contributed by atoms with E-state index in [1.807, 2.05) is 0 Å². The van der Waals surface area contributed by atoms with Crippen LogP contribution in [0.1, 0.15) is 45.4 Å². The fourth-order valence-electron chi connectivity index (χ4n) is 1.89. The van der Waals surface area contributed by atoms with Crippen molar-refractivity contribution in [1.82, 2.24) is 5.32 Å². The molecule has 1 unspecified atom stereocenters. The van der Waals surface area contributed by atoms with Crippen molar-refractivity contribution in [3.05, 3.63) is 0 Å². The Hall–Kier alpha value is -0.610. The second-order valence-corrected chi connectivity index (χ2v) is 5.23. The molecule has 2 fully saturated rings. The molecular formula is C12H21NO3. The largest absolute Gasteiger partial charge is 0.480 e. The molecule has 0 bridgehead atoms. The van der Waals surface area contributed by atoms with Crippen LogP contribution in [0.5, 0.6) is 0 Å². The molecule has 2 aliphatic rings. The molecule has 1 atom stereocenters. The van der Waals surface area contributed by atoms with Crippen molar-refractivity contribution in [2.45, 2.75) is 63.1 Å². The maximum Gasteiger partial charge on any atom is 0.323 e. The molecule has 0 heterocycles. The first-order valence-electron chi connectivity index (χ1n) is 6.23. The zero-order chi connectivity index (χ0) is 11.6. The van der Waals surface area contributed by atoms with E-state index in [0.717, 1.165) is 25.7 Å². The summed E-state index contributed by atoms with van der Waals surface area (Å²) < 4.78 is 5.62. The lowest BCUT2D eigenvalue weighted by molar-refractivity contribution is -0.145. The topological polar surface area (TPSA) is 58.6 Å². The van der Waals surface area contributed by atoms with Gasteiger partial charge < -0.3 is 9.84 Å². The quantitative estimate of drug-likeness (QED) is 0.692. The molecule has 0 radical (unpaired) electrons. The Morgan fingerprint density at radius 2 is 2.12 bits per heavy atom. The minimum Gasteiger partial charge on any atom is -0.480 e. The number of hydrogen-bond acceptors (Lipinski definition) is 3. The molecule has 0 aliphatic heterocycles. The molecule has 2 saturated carbocycles. The summed E-state index contributed by atoms with van der Waals surface area (Å²) in [6.07, 6.45) is 6.67. The molecule has 92 valence electrons. The lowest BCUT2D eigenvalue weighted by atomic mass is 9.95.